The molecule has 1 saturated heterocycles. The molecule has 1 N–H and O–H groups in total. The summed E-state index contributed by atoms with van der Waals surface area (Å²) in [5.41, 5.74) is 1.03. The molecule has 0 amide bonds. The summed E-state index contributed by atoms with van der Waals surface area (Å²) < 4.78 is 33.9. The predicted octanol–water partition coefficient (Wildman–Crippen LogP) is 2.12. The highest BCUT2D eigenvalue weighted by atomic mass is 35.5. The van der Waals surface area contributed by atoms with Gasteiger partial charge in [0.05, 0.1) is 7.11 Å². The molecule has 0 bridgehead atoms. The van der Waals surface area contributed by atoms with Crippen LogP contribution in [0, 0.1) is 0 Å². The highest BCUT2D eigenvalue weighted by molar-refractivity contribution is 5.85. The van der Waals surface area contributed by atoms with E-state index in [-0.39, 0.29) is 18.2 Å². The van der Waals surface area contributed by atoms with Crippen molar-refractivity contribution in [3.63, 3.8) is 0 Å². The van der Waals surface area contributed by atoms with Gasteiger partial charge in [0, 0.05) is 32.7 Å². The molecule has 0 atom stereocenters. The van der Waals surface area contributed by atoms with Crippen molar-refractivity contribution in [2.24, 2.45) is 0 Å². The van der Waals surface area contributed by atoms with E-state index in [0.29, 0.717) is 5.75 Å². The van der Waals surface area contributed by atoms with Crippen molar-refractivity contribution >= 4 is 12.4 Å². The van der Waals surface area contributed by atoms with Gasteiger partial charge < -0.3 is 14.8 Å². The van der Waals surface area contributed by atoms with Crippen molar-refractivity contribution in [1.82, 2.24) is 10.2 Å². The van der Waals surface area contributed by atoms with E-state index < -0.39 is 6.61 Å². The molecule has 0 spiro atoms. The molecular weight excluding hydrogens is 290 g/mol. The Morgan fingerprint density at radius 3 is 2.55 bits per heavy atom. The number of alkyl halides is 2. The molecule has 0 aliphatic carbocycles. The topological polar surface area (TPSA) is 33.7 Å². The summed E-state index contributed by atoms with van der Waals surface area (Å²) in [5, 5.41) is 3.28. The standard InChI is InChI=1S/C13H18F2N2O2.ClH/c1-18-12-8-10(2-3-11(12)19-13(14)15)9-17-6-4-16-5-7-17;/h2-3,8,13,16H,4-7,9H2,1H3;1H. The summed E-state index contributed by atoms with van der Waals surface area (Å²) in [5.74, 6) is 0.412. The number of nitrogens with one attached hydrogen (secondary N) is 1. The van der Waals surface area contributed by atoms with Crippen LogP contribution in [-0.2, 0) is 6.54 Å². The molecule has 1 aromatic rings. The minimum Gasteiger partial charge on any atom is -0.493 e. The third-order valence-electron chi connectivity index (χ3n) is 3.06. The van der Waals surface area contributed by atoms with Gasteiger partial charge in [-0.2, -0.15) is 8.78 Å². The van der Waals surface area contributed by atoms with Crippen molar-refractivity contribution in [2.45, 2.75) is 13.2 Å². The zero-order chi connectivity index (χ0) is 13.7. The van der Waals surface area contributed by atoms with E-state index >= 15 is 0 Å². The lowest BCUT2D eigenvalue weighted by atomic mass is 10.1. The fraction of sp³-hybridized carbons (Fsp3) is 0.538. The van der Waals surface area contributed by atoms with Crippen LogP contribution in [0.1, 0.15) is 5.56 Å². The van der Waals surface area contributed by atoms with Crippen LogP contribution in [0.3, 0.4) is 0 Å². The number of benzene rings is 1. The van der Waals surface area contributed by atoms with Crippen molar-refractivity contribution in [3.8, 4) is 11.5 Å². The second-order valence-electron chi connectivity index (χ2n) is 4.39. The van der Waals surface area contributed by atoms with Gasteiger partial charge in [-0.1, -0.05) is 6.07 Å². The maximum absolute atomic E-state index is 12.2. The monoisotopic (exact) mass is 308 g/mol. The number of ether oxygens (including phenoxy) is 2. The Morgan fingerprint density at radius 2 is 1.95 bits per heavy atom. The molecule has 1 heterocycles. The van der Waals surface area contributed by atoms with Crippen LogP contribution in [0.25, 0.3) is 0 Å². The quantitative estimate of drug-likeness (QED) is 0.903. The summed E-state index contributed by atoms with van der Waals surface area (Å²) in [7, 11) is 1.45. The molecule has 114 valence electrons. The SMILES string of the molecule is COc1cc(CN2CCNCC2)ccc1OC(F)F.Cl. The Balaban J connectivity index is 0.00000200. The molecule has 0 unspecified atom stereocenters. The number of halogens is 3. The molecule has 1 aliphatic rings. The zero-order valence-electron chi connectivity index (χ0n) is 11.3. The molecule has 0 radical (unpaired) electrons. The Morgan fingerprint density at radius 1 is 1.25 bits per heavy atom. The normalized spacial score (nSPS) is 15.8. The summed E-state index contributed by atoms with van der Waals surface area (Å²) >= 11 is 0. The van der Waals surface area contributed by atoms with Crippen molar-refractivity contribution in [2.75, 3.05) is 33.3 Å². The molecule has 1 fully saturated rings. The van der Waals surface area contributed by atoms with Crippen molar-refractivity contribution in [1.29, 1.82) is 0 Å². The van der Waals surface area contributed by atoms with Gasteiger partial charge in [-0.3, -0.25) is 4.90 Å². The number of methoxy groups -OCH3 is 1. The fourth-order valence-corrected chi connectivity index (χ4v) is 2.13. The number of rotatable bonds is 5. The number of piperazine rings is 1. The molecule has 7 heteroatoms. The van der Waals surface area contributed by atoms with E-state index in [1.807, 2.05) is 0 Å². The number of hydrogen-bond donors (Lipinski definition) is 1. The van der Waals surface area contributed by atoms with Gasteiger partial charge in [-0.05, 0) is 17.7 Å². The third-order valence-corrected chi connectivity index (χ3v) is 3.06. The first-order chi connectivity index (χ1) is 9.19. The molecule has 0 saturated carbocycles. The van der Waals surface area contributed by atoms with Gasteiger partial charge in [0.1, 0.15) is 0 Å². The van der Waals surface area contributed by atoms with Gasteiger partial charge >= 0.3 is 6.61 Å². The zero-order valence-corrected chi connectivity index (χ0v) is 12.1. The van der Waals surface area contributed by atoms with Gasteiger partial charge in [-0.25, -0.2) is 0 Å². The summed E-state index contributed by atoms with van der Waals surface area (Å²) in [4.78, 5) is 2.30. The first-order valence-electron chi connectivity index (χ1n) is 6.24. The Hall–Kier alpha value is -1.11. The smallest absolute Gasteiger partial charge is 0.387 e. The lowest BCUT2D eigenvalue weighted by Crippen LogP contribution is -2.42. The second kappa shape index (κ2) is 8.24. The molecular formula is C13H19ClF2N2O2. The molecule has 1 aromatic carbocycles. The average Bonchev–Trinajstić information content (AvgIpc) is 2.41. The Labute approximate surface area is 123 Å². The van der Waals surface area contributed by atoms with Crippen LogP contribution in [0.4, 0.5) is 8.78 Å². The molecule has 1 aliphatic heterocycles. The highest BCUT2D eigenvalue weighted by Gasteiger charge is 2.14. The number of nitrogens with zero attached hydrogens (tertiary/aromatic N) is 1. The van der Waals surface area contributed by atoms with Gasteiger partial charge in [-0.15, -0.1) is 12.4 Å². The highest BCUT2D eigenvalue weighted by Crippen LogP contribution is 2.29. The lowest BCUT2D eigenvalue weighted by molar-refractivity contribution is -0.0512. The first-order valence-corrected chi connectivity index (χ1v) is 6.24. The molecule has 0 aromatic heterocycles. The largest absolute Gasteiger partial charge is 0.493 e. The average molecular weight is 309 g/mol. The first kappa shape index (κ1) is 16.9. The predicted molar refractivity (Wildman–Crippen MR) is 75.0 cm³/mol. The third kappa shape index (κ3) is 4.77. The van der Waals surface area contributed by atoms with E-state index in [4.69, 9.17) is 4.74 Å². The van der Waals surface area contributed by atoms with Crippen LogP contribution in [0.5, 0.6) is 11.5 Å². The maximum atomic E-state index is 12.2. The minimum absolute atomic E-state index is 0. The van der Waals surface area contributed by atoms with E-state index in [9.17, 15) is 8.78 Å². The minimum atomic E-state index is -2.84. The Bertz CT molecular complexity index is 415. The van der Waals surface area contributed by atoms with Crippen LogP contribution >= 0.6 is 12.4 Å². The van der Waals surface area contributed by atoms with E-state index in [0.717, 1.165) is 38.3 Å². The maximum Gasteiger partial charge on any atom is 0.387 e. The molecule has 4 nitrogen and oxygen atoms in total. The summed E-state index contributed by atoms with van der Waals surface area (Å²) in [6.07, 6.45) is 0. The number of hydrogen-bond acceptors (Lipinski definition) is 4. The van der Waals surface area contributed by atoms with Gasteiger partial charge in [0.2, 0.25) is 0 Å². The van der Waals surface area contributed by atoms with Crippen molar-refractivity contribution < 1.29 is 18.3 Å². The van der Waals surface area contributed by atoms with Crippen molar-refractivity contribution in [3.05, 3.63) is 23.8 Å². The van der Waals surface area contributed by atoms with E-state index in [2.05, 4.69) is 15.0 Å². The summed E-state index contributed by atoms with van der Waals surface area (Å²) in [6.45, 7) is 1.86. The van der Waals surface area contributed by atoms with Gasteiger partial charge in [0.15, 0.2) is 11.5 Å². The van der Waals surface area contributed by atoms with Crippen LogP contribution in [-0.4, -0.2) is 44.8 Å². The van der Waals surface area contributed by atoms with Crippen LogP contribution in [0.15, 0.2) is 18.2 Å². The molecule has 20 heavy (non-hydrogen) atoms. The van der Waals surface area contributed by atoms with E-state index in [1.165, 1.54) is 13.2 Å². The fourth-order valence-electron chi connectivity index (χ4n) is 2.13. The van der Waals surface area contributed by atoms with Crippen LogP contribution in [0.2, 0.25) is 0 Å². The summed E-state index contributed by atoms with van der Waals surface area (Å²) in [6, 6.07) is 5.07. The Kier molecular flexibility index (Phi) is 6.98. The lowest BCUT2D eigenvalue weighted by Gasteiger charge is -2.27. The second-order valence-corrected chi connectivity index (χ2v) is 4.39. The van der Waals surface area contributed by atoms with Gasteiger partial charge in [0.25, 0.3) is 0 Å². The van der Waals surface area contributed by atoms with E-state index in [1.54, 1.807) is 12.1 Å². The molecule has 2 rings (SSSR count). The van der Waals surface area contributed by atoms with Crippen LogP contribution < -0.4 is 14.8 Å².